The highest BCUT2D eigenvalue weighted by molar-refractivity contribution is 6.29. The summed E-state index contributed by atoms with van der Waals surface area (Å²) in [5.74, 6) is 0. The highest BCUT2D eigenvalue weighted by Gasteiger charge is 2.05. The summed E-state index contributed by atoms with van der Waals surface area (Å²) in [4.78, 5) is 13.4. The zero-order chi connectivity index (χ0) is 6.85. The Labute approximate surface area is 55.0 Å². The van der Waals surface area contributed by atoms with Gasteiger partial charge in [-0.1, -0.05) is 11.6 Å². The zero-order valence-electron chi connectivity index (χ0n) is 4.19. The van der Waals surface area contributed by atoms with Gasteiger partial charge in [0.2, 0.25) is 0 Å². The van der Waals surface area contributed by atoms with E-state index >= 15 is 0 Å². The van der Waals surface area contributed by atoms with E-state index in [9.17, 15) is 10.1 Å². The molecule has 48 valence electrons. The summed E-state index contributed by atoms with van der Waals surface area (Å²) in [6.07, 6.45) is 2.23. The molecule has 1 aromatic rings. The molecular weight excluding hydrogens is 146 g/mol. The molecule has 0 fully saturated rings. The van der Waals surface area contributed by atoms with E-state index in [1.165, 1.54) is 6.20 Å². The van der Waals surface area contributed by atoms with Crippen molar-refractivity contribution in [3.63, 3.8) is 0 Å². The van der Waals surface area contributed by atoms with Crippen molar-refractivity contribution in [2.45, 2.75) is 0 Å². The number of hydrogen-bond donors (Lipinski definition) is 0. The first-order valence-corrected chi connectivity index (χ1v) is 2.42. The van der Waals surface area contributed by atoms with Crippen LogP contribution in [0.15, 0.2) is 12.5 Å². The monoisotopic (exact) mass is 147 g/mol. The third kappa shape index (κ3) is 0.996. The Kier molecular flexibility index (Phi) is 1.35. The van der Waals surface area contributed by atoms with Crippen molar-refractivity contribution in [3.05, 3.63) is 27.8 Å². The molecule has 0 atom stereocenters. The largest absolute Gasteiger partial charge is 0.237 e. The average molecular weight is 148 g/mol. The lowest BCUT2D eigenvalue weighted by Crippen LogP contribution is -2.05. The second-order valence-corrected chi connectivity index (χ2v) is 1.69. The smallest absolute Gasteiger partial charge is 0.196 e. The minimum atomic E-state index is -0.657. The van der Waals surface area contributed by atoms with E-state index in [0.717, 1.165) is 6.33 Å². The fourth-order valence-corrected chi connectivity index (χ4v) is 0.554. The van der Waals surface area contributed by atoms with E-state index in [4.69, 9.17) is 11.6 Å². The van der Waals surface area contributed by atoms with Crippen molar-refractivity contribution < 1.29 is 5.03 Å². The number of rotatable bonds is 1. The van der Waals surface area contributed by atoms with Crippen LogP contribution in [0.25, 0.3) is 0 Å². The molecule has 0 spiro atoms. The Hall–Kier alpha value is -1.10. The summed E-state index contributed by atoms with van der Waals surface area (Å²) in [6.45, 7) is 0. The summed E-state index contributed by atoms with van der Waals surface area (Å²) in [5, 5.41) is 9.27. The standard InChI is InChI=1S/C3H2ClN3O2/c4-3-1-5-2-6(3)7(8)9/h1-2H. The third-order valence-corrected chi connectivity index (χ3v) is 1.02. The third-order valence-electron chi connectivity index (χ3n) is 0.752. The number of imidazole rings is 1. The second-order valence-electron chi connectivity index (χ2n) is 1.30. The predicted molar refractivity (Wildman–Crippen MR) is 29.6 cm³/mol. The predicted octanol–water partition coefficient (Wildman–Crippen LogP) is 0.576. The van der Waals surface area contributed by atoms with Crippen molar-refractivity contribution in [2.75, 3.05) is 0 Å². The van der Waals surface area contributed by atoms with E-state index in [-0.39, 0.29) is 5.15 Å². The van der Waals surface area contributed by atoms with Crippen LogP contribution in [0.1, 0.15) is 0 Å². The molecule has 0 aliphatic carbocycles. The topological polar surface area (TPSA) is 61.0 Å². The van der Waals surface area contributed by atoms with Crippen molar-refractivity contribution in [1.29, 1.82) is 0 Å². The summed E-state index contributed by atoms with van der Waals surface area (Å²) in [5.41, 5.74) is 0. The highest BCUT2D eigenvalue weighted by Crippen LogP contribution is 2.04. The van der Waals surface area contributed by atoms with Crippen LogP contribution in [0, 0.1) is 10.1 Å². The summed E-state index contributed by atoms with van der Waals surface area (Å²) in [6, 6.07) is 0. The number of hydrogen-bond acceptors (Lipinski definition) is 3. The van der Waals surface area contributed by atoms with Gasteiger partial charge in [0.1, 0.15) is 0 Å². The molecule has 0 aliphatic rings. The van der Waals surface area contributed by atoms with Gasteiger partial charge >= 0.3 is 0 Å². The molecule has 0 radical (unpaired) electrons. The zero-order valence-corrected chi connectivity index (χ0v) is 4.95. The van der Waals surface area contributed by atoms with Gasteiger partial charge < -0.3 is 0 Å². The maximum absolute atomic E-state index is 9.93. The number of aromatic nitrogens is 2. The van der Waals surface area contributed by atoms with Crippen LogP contribution in [0.4, 0.5) is 0 Å². The molecule has 0 N–H and O–H groups in total. The quantitative estimate of drug-likeness (QED) is 0.431. The Balaban J connectivity index is 3.08. The van der Waals surface area contributed by atoms with E-state index < -0.39 is 5.03 Å². The van der Waals surface area contributed by atoms with E-state index in [0.29, 0.717) is 4.68 Å². The van der Waals surface area contributed by atoms with Crippen molar-refractivity contribution in [2.24, 2.45) is 0 Å². The molecule has 0 amide bonds. The Morgan fingerprint density at radius 1 is 1.89 bits per heavy atom. The molecule has 0 bridgehead atoms. The van der Waals surface area contributed by atoms with E-state index in [1.807, 2.05) is 0 Å². The maximum Gasteiger partial charge on any atom is 0.196 e. The molecular formula is C3H2ClN3O2. The molecule has 0 aromatic carbocycles. The summed E-state index contributed by atoms with van der Waals surface area (Å²) in [7, 11) is 0. The van der Waals surface area contributed by atoms with Crippen LogP contribution < -0.4 is 0 Å². The van der Waals surface area contributed by atoms with Crippen LogP contribution in [0.2, 0.25) is 5.15 Å². The summed E-state index contributed by atoms with van der Waals surface area (Å²) < 4.78 is 0.627. The molecule has 0 saturated heterocycles. The van der Waals surface area contributed by atoms with Gasteiger partial charge in [-0.25, -0.2) is 15.1 Å². The minimum Gasteiger partial charge on any atom is -0.237 e. The molecule has 6 heteroatoms. The fourth-order valence-electron chi connectivity index (χ4n) is 0.392. The van der Waals surface area contributed by atoms with Crippen LogP contribution in [0.5, 0.6) is 0 Å². The van der Waals surface area contributed by atoms with Gasteiger partial charge in [0.15, 0.2) is 16.5 Å². The SMILES string of the molecule is O=[N+]([O-])n1cncc1Cl. The molecule has 0 saturated carbocycles. The lowest BCUT2D eigenvalue weighted by molar-refractivity contribution is -0.541. The van der Waals surface area contributed by atoms with Crippen LogP contribution in [-0.4, -0.2) is 14.7 Å². The fraction of sp³-hybridized carbons (Fsp3) is 0. The maximum atomic E-state index is 9.93. The first-order chi connectivity index (χ1) is 4.22. The van der Waals surface area contributed by atoms with Gasteiger partial charge in [-0.15, -0.1) is 0 Å². The number of nitrogens with zero attached hydrogens (tertiary/aromatic N) is 3. The Bertz CT molecular complexity index is 233. The van der Waals surface area contributed by atoms with Gasteiger partial charge in [0.05, 0.1) is 6.20 Å². The number of nitro groups is 1. The summed E-state index contributed by atoms with van der Waals surface area (Å²) >= 11 is 5.29. The van der Waals surface area contributed by atoms with E-state index in [1.54, 1.807) is 0 Å². The van der Waals surface area contributed by atoms with Crippen molar-refractivity contribution >= 4 is 11.6 Å². The molecule has 1 aromatic heterocycles. The molecule has 9 heavy (non-hydrogen) atoms. The van der Waals surface area contributed by atoms with Crippen LogP contribution in [-0.2, 0) is 0 Å². The van der Waals surface area contributed by atoms with Gasteiger partial charge in [-0.05, 0) is 4.68 Å². The average Bonchev–Trinajstić information content (AvgIpc) is 2.13. The van der Waals surface area contributed by atoms with Crippen LogP contribution >= 0.6 is 11.6 Å². The first kappa shape index (κ1) is 6.03. The van der Waals surface area contributed by atoms with Gasteiger partial charge in [0, 0.05) is 0 Å². The molecule has 5 nitrogen and oxygen atoms in total. The molecule has 1 heterocycles. The van der Waals surface area contributed by atoms with Gasteiger partial charge in [0.25, 0.3) is 0 Å². The van der Waals surface area contributed by atoms with Crippen molar-refractivity contribution in [1.82, 2.24) is 9.66 Å². The molecule has 0 unspecified atom stereocenters. The Morgan fingerprint density at radius 2 is 2.56 bits per heavy atom. The normalized spacial score (nSPS) is 9.44. The lowest BCUT2D eigenvalue weighted by atomic mass is 10.9. The highest BCUT2D eigenvalue weighted by atomic mass is 35.5. The van der Waals surface area contributed by atoms with Crippen LogP contribution in [0.3, 0.4) is 0 Å². The molecule has 1 rings (SSSR count). The lowest BCUT2D eigenvalue weighted by Gasteiger charge is -1.86. The van der Waals surface area contributed by atoms with Gasteiger partial charge in [-0.3, -0.25) is 0 Å². The Morgan fingerprint density at radius 3 is 2.78 bits per heavy atom. The van der Waals surface area contributed by atoms with E-state index in [2.05, 4.69) is 4.98 Å². The minimum absolute atomic E-state index is 0.000000000000000444. The molecule has 0 aliphatic heterocycles. The second kappa shape index (κ2) is 2.02. The van der Waals surface area contributed by atoms with Crippen molar-refractivity contribution in [3.8, 4) is 0 Å². The number of halogens is 1. The van der Waals surface area contributed by atoms with Gasteiger partial charge in [-0.2, -0.15) is 0 Å². The first-order valence-electron chi connectivity index (χ1n) is 2.04.